The number of hydrogen-bond acceptors (Lipinski definition) is 5. The van der Waals surface area contributed by atoms with Gasteiger partial charge >= 0.3 is 0 Å². The van der Waals surface area contributed by atoms with Gasteiger partial charge in [0, 0.05) is 26.2 Å². The molecule has 3 rings (SSSR count). The summed E-state index contributed by atoms with van der Waals surface area (Å²) in [6.07, 6.45) is 3.09. The lowest BCUT2D eigenvalue weighted by Gasteiger charge is -2.38. The molecule has 1 aromatic heterocycles. The number of anilines is 1. The third kappa shape index (κ3) is 3.60. The molecule has 1 unspecified atom stereocenters. The van der Waals surface area contributed by atoms with Crippen molar-refractivity contribution in [1.29, 1.82) is 0 Å². The zero-order valence-electron chi connectivity index (χ0n) is 15.0. The number of benzene rings is 1. The summed E-state index contributed by atoms with van der Waals surface area (Å²) >= 11 is 0. The van der Waals surface area contributed by atoms with Crippen LogP contribution in [0.1, 0.15) is 19.9 Å². The highest BCUT2D eigenvalue weighted by molar-refractivity contribution is 5.81. The molecule has 0 radical (unpaired) electrons. The maximum Gasteiger partial charge on any atom is 0.247 e. The molecular weight excluding hydrogens is 318 g/mol. The zero-order valence-corrected chi connectivity index (χ0v) is 15.0. The first-order valence-electron chi connectivity index (χ1n) is 8.62. The van der Waals surface area contributed by atoms with Gasteiger partial charge in [-0.1, -0.05) is 26.0 Å². The highest BCUT2D eigenvalue weighted by Crippen LogP contribution is 2.29. The molecule has 2 aromatic rings. The van der Waals surface area contributed by atoms with Gasteiger partial charge in [0.25, 0.3) is 0 Å². The zero-order chi connectivity index (χ0) is 17.8. The fourth-order valence-corrected chi connectivity index (χ4v) is 3.31. The molecular formula is C18H25N5O2. The minimum atomic E-state index is -0.305. The second kappa shape index (κ2) is 7.55. The van der Waals surface area contributed by atoms with Crippen molar-refractivity contribution in [2.24, 2.45) is 5.92 Å². The van der Waals surface area contributed by atoms with E-state index in [1.807, 2.05) is 36.9 Å². The summed E-state index contributed by atoms with van der Waals surface area (Å²) in [5.74, 6) is 1.13. The highest BCUT2D eigenvalue weighted by Gasteiger charge is 2.31. The number of para-hydroxylation sites is 2. The molecule has 1 aromatic carbocycles. The first kappa shape index (κ1) is 17.3. The van der Waals surface area contributed by atoms with Crippen molar-refractivity contribution in [2.75, 3.05) is 38.2 Å². The summed E-state index contributed by atoms with van der Waals surface area (Å²) in [7, 11) is 1.68. The lowest BCUT2D eigenvalue weighted by molar-refractivity contribution is -0.136. The molecule has 0 spiro atoms. The van der Waals surface area contributed by atoms with Crippen LogP contribution in [0.4, 0.5) is 5.69 Å². The van der Waals surface area contributed by atoms with E-state index in [-0.39, 0.29) is 17.9 Å². The van der Waals surface area contributed by atoms with E-state index in [1.165, 1.54) is 6.33 Å². The molecule has 0 saturated carbocycles. The van der Waals surface area contributed by atoms with Crippen molar-refractivity contribution in [1.82, 2.24) is 19.7 Å². The number of methoxy groups -OCH3 is 1. The smallest absolute Gasteiger partial charge is 0.247 e. The number of aromatic nitrogens is 3. The van der Waals surface area contributed by atoms with Crippen LogP contribution in [0.2, 0.25) is 0 Å². The molecule has 1 amide bonds. The van der Waals surface area contributed by atoms with E-state index in [0.717, 1.165) is 24.5 Å². The maximum absolute atomic E-state index is 13.0. The van der Waals surface area contributed by atoms with E-state index >= 15 is 0 Å². The predicted molar refractivity (Wildman–Crippen MR) is 95.7 cm³/mol. The van der Waals surface area contributed by atoms with Gasteiger partial charge in [0.2, 0.25) is 5.91 Å². The average Bonchev–Trinajstić information content (AvgIpc) is 3.15. The fourth-order valence-electron chi connectivity index (χ4n) is 3.31. The minimum absolute atomic E-state index is 0.111. The molecule has 1 aliphatic rings. The summed E-state index contributed by atoms with van der Waals surface area (Å²) in [4.78, 5) is 21.2. The largest absolute Gasteiger partial charge is 0.495 e. The van der Waals surface area contributed by atoms with Crippen LogP contribution in [0.25, 0.3) is 0 Å². The van der Waals surface area contributed by atoms with Gasteiger partial charge in [-0.2, -0.15) is 5.10 Å². The Morgan fingerprint density at radius 1 is 1.16 bits per heavy atom. The SMILES string of the molecule is COc1ccccc1N1CCN(C(=O)C(C(C)C)n2cncn2)CC1. The van der Waals surface area contributed by atoms with Gasteiger partial charge in [0.05, 0.1) is 12.8 Å². The standard InChI is InChI=1S/C18H25N5O2/c1-14(2)17(23-13-19-12-20-23)18(24)22-10-8-21(9-11-22)15-6-4-5-7-16(15)25-3/h4-7,12-14,17H,8-11H2,1-3H3. The van der Waals surface area contributed by atoms with Gasteiger partial charge in [0.1, 0.15) is 24.4 Å². The molecule has 2 heterocycles. The van der Waals surface area contributed by atoms with Crippen LogP contribution in [0.3, 0.4) is 0 Å². The van der Waals surface area contributed by atoms with E-state index in [4.69, 9.17) is 4.74 Å². The molecule has 0 bridgehead atoms. The third-order valence-corrected chi connectivity index (χ3v) is 4.62. The Labute approximate surface area is 148 Å². The Balaban J connectivity index is 1.68. The van der Waals surface area contributed by atoms with Gasteiger partial charge in [-0.15, -0.1) is 0 Å². The van der Waals surface area contributed by atoms with Crippen molar-refractivity contribution in [3.8, 4) is 5.75 Å². The second-order valence-corrected chi connectivity index (χ2v) is 6.55. The number of carbonyl (C=O) groups excluding carboxylic acids is 1. The number of rotatable bonds is 5. The summed E-state index contributed by atoms with van der Waals surface area (Å²) in [6.45, 7) is 7.02. The van der Waals surface area contributed by atoms with Gasteiger partial charge < -0.3 is 14.5 Å². The van der Waals surface area contributed by atoms with Crippen LogP contribution >= 0.6 is 0 Å². The lowest BCUT2D eigenvalue weighted by Crippen LogP contribution is -2.51. The Kier molecular flexibility index (Phi) is 5.21. The fraction of sp³-hybridized carbons (Fsp3) is 0.500. The van der Waals surface area contributed by atoms with Gasteiger partial charge in [-0.3, -0.25) is 4.79 Å². The normalized spacial score (nSPS) is 16.2. The van der Waals surface area contributed by atoms with Crippen LogP contribution in [0.5, 0.6) is 5.75 Å². The Morgan fingerprint density at radius 3 is 2.48 bits per heavy atom. The molecule has 134 valence electrons. The molecule has 25 heavy (non-hydrogen) atoms. The van der Waals surface area contributed by atoms with Crippen LogP contribution in [0, 0.1) is 5.92 Å². The number of hydrogen-bond donors (Lipinski definition) is 0. The average molecular weight is 343 g/mol. The topological polar surface area (TPSA) is 63.5 Å². The van der Waals surface area contributed by atoms with Crippen LogP contribution in [0.15, 0.2) is 36.9 Å². The lowest BCUT2D eigenvalue weighted by atomic mass is 10.0. The highest BCUT2D eigenvalue weighted by atomic mass is 16.5. The van der Waals surface area contributed by atoms with Crippen LogP contribution in [-0.2, 0) is 4.79 Å². The number of ether oxygens (including phenoxy) is 1. The molecule has 1 fully saturated rings. The van der Waals surface area contributed by atoms with Gasteiger partial charge in [0.15, 0.2) is 0 Å². The molecule has 7 nitrogen and oxygen atoms in total. The van der Waals surface area contributed by atoms with E-state index in [2.05, 4.69) is 21.0 Å². The Hall–Kier alpha value is -2.57. The summed E-state index contributed by atoms with van der Waals surface area (Å²) < 4.78 is 7.12. The Morgan fingerprint density at radius 2 is 1.88 bits per heavy atom. The molecule has 0 aliphatic carbocycles. The van der Waals surface area contributed by atoms with Crippen molar-refractivity contribution >= 4 is 11.6 Å². The molecule has 0 N–H and O–H groups in total. The number of piperazine rings is 1. The van der Waals surface area contributed by atoms with Crippen molar-refractivity contribution < 1.29 is 9.53 Å². The van der Waals surface area contributed by atoms with E-state index in [0.29, 0.717) is 13.1 Å². The van der Waals surface area contributed by atoms with E-state index in [1.54, 1.807) is 18.1 Å². The first-order valence-corrected chi connectivity index (χ1v) is 8.62. The number of carbonyl (C=O) groups is 1. The summed E-state index contributed by atoms with van der Waals surface area (Å²) in [5.41, 5.74) is 1.08. The van der Waals surface area contributed by atoms with Crippen LogP contribution in [-0.4, -0.2) is 58.9 Å². The van der Waals surface area contributed by atoms with Crippen molar-refractivity contribution in [3.63, 3.8) is 0 Å². The van der Waals surface area contributed by atoms with Crippen molar-refractivity contribution in [3.05, 3.63) is 36.9 Å². The molecule has 1 saturated heterocycles. The Bertz CT molecular complexity index is 693. The molecule has 1 aliphatic heterocycles. The first-order chi connectivity index (χ1) is 12.1. The molecule has 7 heteroatoms. The third-order valence-electron chi connectivity index (χ3n) is 4.62. The second-order valence-electron chi connectivity index (χ2n) is 6.55. The quantitative estimate of drug-likeness (QED) is 0.829. The van der Waals surface area contributed by atoms with Gasteiger partial charge in [-0.05, 0) is 18.1 Å². The predicted octanol–water partition coefficient (Wildman–Crippen LogP) is 1.83. The monoisotopic (exact) mass is 343 g/mol. The van der Waals surface area contributed by atoms with Crippen LogP contribution < -0.4 is 9.64 Å². The minimum Gasteiger partial charge on any atom is -0.495 e. The molecule has 1 atom stereocenters. The number of amides is 1. The van der Waals surface area contributed by atoms with E-state index in [9.17, 15) is 4.79 Å². The summed E-state index contributed by atoms with van der Waals surface area (Å²) in [6, 6.07) is 7.69. The maximum atomic E-state index is 13.0. The van der Waals surface area contributed by atoms with Crippen molar-refractivity contribution in [2.45, 2.75) is 19.9 Å². The summed E-state index contributed by atoms with van der Waals surface area (Å²) in [5, 5.41) is 4.17. The van der Waals surface area contributed by atoms with Gasteiger partial charge in [-0.25, -0.2) is 9.67 Å². The van der Waals surface area contributed by atoms with E-state index < -0.39 is 0 Å². The number of nitrogens with zero attached hydrogens (tertiary/aromatic N) is 5.